The summed E-state index contributed by atoms with van der Waals surface area (Å²) in [5.74, 6) is 0.810. The van der Waals surface area contributed by atoms with Gasteiger partial charge in [0.1, 0.15) is 9.84 Å². The molecular weight excluding hydrogens is 350 g/mol. The Morgan fingerprint density at radius 1 is 1.27 bits per heavy atom. The average molecular weight is 378 g/mol. The molecule has 1 aromatic heterocycles. The van der Waals surface area contributed by atoms with Gasteiger partial charge in [0.2, 0.25) is 0 Å². The van der Waals surface area contributed by atoms with Crippen LogP contribution in [0.15, 0.2) is 47.7 Å². The molecule has 0 spiro atoms. The topological polar surface area (TPSA) is 88.4 Å². The molecule has 8 heteroatoms. The number of nitrogens with zero attached hydrogens (tertiary/aromatic N) is 3. The van der Waals surface area contributed by atoms with Crippen LogP contribution in [0.1, 0.15) is 24.5 Å². The van der Waals surface area contributed by atoms with Crippen molar-refractivity contribution in [2.45, 2.75) is 32.5 Å². The van der Waals surface area contributed by atoms with Gasteiger partial charge in [-0.15, -0.1) is 0 Å². The van der Waals surface area contributed by atoms with Crippen LogP contribution in [0.2, 0.25) is 0 Å². The van der Waals surface area contributed by atoms with E-state index in [0.29, 0.717) is 25.5 Å². The van der Waals surface area contributed by atoms with E-state index in [4.69, 9.17) is 0 Å². The van der Waals surface area contributed by atoms with Crippen molar-refractivity contribution >= 4 is 15.8 Å². The smallest absolute Gasteiger partial charge is 0.191 e. The summed E-state index contributed by atoms with van der Waals surface area (Å²) in [5.41, 5.74) is 2.35. The molecule has 142 valence electrons. The lowest BCUT2D eigenvalue weighted by Crippen LogP contribution is -2.42. The Bertz CT molecular complexity index is 816. The van der Waals surface area contributed by atoms with E-state index in [-0.39, 0.29) is 11.8 Å². The minimum atomic E-state index is -2.96. The number of nitrogens with one attached hydrogen (secondary N) is 2. The molecule has 1 unspecified atom stereocenters. The molecule has 1 aromatic carbocycles. The van der Waals surface area contributed by atoms with E-state index in [1.807, 2.05) is 36.0 Å². The number of hydrogen-bond donors (Lipinski definition) is 2. The normalized spacial score (nSPS) is 13.4. The Morgan fingerprint density at radius 2 is 2.00 bits per heavy atom. The predicted molar refractivity (Wildman–Crippen MR) is 105 cm³/mol. The summed E-state index contributed by atoms with van der Waals surface area (Å²) < 4.78 is 24.5. The maximum absolute atomic E-state index is 11.3. The second-order valence-corrected chi connectivity index (χ2v) is 8.62. The molecule has 2 N–H and O–H groups in total. The van der Waals surface area contributed by atoms with Crippen molar-refractivity contribution in [3.63, 3.8) is 0 Å². The molecule has 0 fully saturated rings. The molecule has 0 aliphatic heterocycles. The van der Waals surface area contributed by atoms with Crippen molar-refractivity contribution < 1.29 is 8.42 Å². The Balaban J connectivity index is 1.92. The maximum atomic E-state index is 11.3. The number of aromatic nitrogens is 2. The highest BCUT2D eigenvalue weighted by molar-refractivity contribution is 7.90. The Kier molecular flexibility index (Phi) is 7.20. The first-order chi connectivity index (χ1) is 12.4. The van der Waals surface area contributed by atoms with Crippen molar-refractivity contribution in [3.8, 4) is 0 Å². The zero-order valence-corrected chi connectivity index (χ0v) is 16.3. The molecule has 2 rings (SSSR count). The van der Waals surface area contributed by atoms with E-state index in [1.165, 1.54) is 11.8 Å². The first-order valence-electron chi connectivity index (χ1n) is 8.56. The third-order valence-electron chi connectivity index (χ3n) is 3.98. The molecule has 0 bridgehead atoms. The standard InChI is InChI=1S/C18H27N5O2S/c1-15(9-12-26(3,24)25)22-18(19-2)20-13-16-7-4-5-8-17(16)14-23-11-6-10-21-23/h4-8,10-11,15H,9,12-14H2,1-3H3,(H2,19,20,22). The molecule has 0 saturated carbocycles. The van der Waals surface area contributed by atoms with Gasteiger partial charge >= 0.3 is 0 Å². The lowest BCUT2D eigenvalue weighted by molar-refractivity contribution is 0.581. The molecule has 7 nitrogen and oxygen atoms in total. The number of guanidine groups is 1. The van der Waals surface area contributed by atoms with E-state index in [1.54, 1.807) is 13.2 Å². The minimum Gasteiger partial charge on any atom is -0.354 e. The fraction of sp³-hybridized carbons (Fsp3) is 0.444. The van der Waals surface area contributed by atoms with Crippen LogP contribution in [0.4, 0.5) is 0 Å². The van der Waals surface area contributed by atoms with E-state index in [0.717, 1.165) is 5.56 Å². The van der Waals surface area contributed by atoms with Gasteiger partial charge in [0.15, 0.2) is 5.96 Å². The quantitative estimate of drug-likeness (QED) is 0.537. The monoisotopic (exact) mass is 377 g/mol. The molecule has 0 saturated heterocycles. The molecular formula is C18H27N5O2S. The highest BCUT2D eigenvalue weighted by Crippen LogP contribution is 2.10. The van der Waals surface area contributed by atoms with E-state index >= 15 is 0 Å². The number of hydrogen-bond acceptors (Lipinski definition) is 4. The van der Waals surface area contributed by atoms with Crippen molar-refractivity contribution in [1.82, 2.24) is 20.4 Å². The highest BCUT2D eigenvalue weighted by Gasteiger charge is 2.10. The van der Waals surface area contributed by atoms with Gasteiger partial charge in [0, 0.05) is 38.3 Å². The molecule has 2 aromatic rings. The molecule has 0 aliphatic rings. The minimum absolute atomic E-state index is 0.00948. The predicted octanol–water partition coefficient (Wildman–Crippen LogP) is 1.42. The molecule has 1 heterocycles. The Hall–Kier alpha value is -2.35. The lowest BCUT2D eigenvalue weighted by atomic mass is 10.1. The van der Waals surface area contributed by atoms with Crippen molar-refractivity contribution in [1.29, 1.82) is 0 Å². The number of benzene rings is 1. The summed E-state index contributed by atoms with van der Waals surface area (Å²) in [6, 6.07) is 10.1. The van der Waals surface area contributed by atoms with Crippen LogP contribution in [0.3, 0.4) is 0 Å². The molecule has 1 atom stereocenters. The van der Waals surface area contributed by atoms with Crippen LogP contribution in [-0.2, 0) is 22.9 Å². The van der Waals surface area contributed by atoms with Gasteiger partial charge in [0.25, 0.3) is 0 Å². The Labute approximate surface area is 155 Å². The third-order valence-corrected chi connectivity index (χ3v) is 4.96. The zero-order chi connectivity index (χ0) is 19.0. The van der Waals surface area contributed by atoms with Crippen molar-refractivity contribution in [2.75, 3.05) is 19.1 Å². The van der Waals surface area contributed by atoms with Gasteiger partial charge in [-0.1, -0.05) is 24.3 Å². The molecule has 0 radical (unpaired) electrons. The van der Waals surface area contributed by atoms with Crippen LogP contribution in [-0.4, -0.2) is 49.3 Å². The second kappa shape index (κ2) is 9.38. The summed E-state index contributed by atoms with van der Waals surface area (Å²) in [7, 11) is -1.25. The Morgan fingerprint density at radius 3 is 2.62 bits per heavy atom. The van der Waals surface area contributed by atoms with E-state index < -0.39 is 9.84 Å². The van der Waals surface area contributed by atoms with Crippen LogP contribution in [0.25, 0.3) is 0 Å². The van der Waals surface area contributed by atoms with Crippen LogP contribution < -0.4 is 10.6 Å². The summed E-state index contributed by atoms with van der Waals surface area (Å²) in [5, 5.41) is 10.8. The van der Waals surface area contributed by atoms with E-state index in [9.17, 15) is 8.42 Å². The highest BCUT2D eigenvalue weighted by atomic mass is 32.2. The first-order valence-corrected chi connectivity index (χ1v) is 10.6. The first kappa shape index (κ1) is 20.0. The summed E-state index contributed by atoms with van der Waals surface area (Å²) in [6.07, 6.45) is 5.50. The van der Waals surface area contributed by atoms with Gasteiger partial charge in [-0.3, -0.25) is 9.67 Å². The third kappa shape index (κ3) is 6.87. The van der Waals surface area contributed by atoms with Gasteiger partial charge < -0.3 is 10.6 Å². The zero-order valence-electron chi connectivity index (χ0n) is 15.5. The van der Waals surface area contributed by atoms with Crippen LogP contribution in [0.5, 0.6) is 0 Å². The molecule has 26 heavy (non-hydrogen) atoms. The van der Waals surface area contributed by atoms with Crippen molar-refractivity contribution in [2.24, 2.45) is 4.99 Å². The van der Waals surface area contributed by atoms with E-state index in [2.05, 4.69) is 32.9 Å². The number of aliphatic imine (C=N–C) groups is 1. The molecule has 0 amide bonds. The fourth-order valence-corrected chi connectivity index (χ4v) is 3.30. The second-order valence-electron chi connectivity index (χ2n) is 6.36. The van der Waals surface area contributed by atoms with Gasteiger partial charge in [0.05, 0.1) is 12.3 Å². The lowest BCUT2D eigenvalue weighted by Gasteiger charge is -2.18. The van der Waals surface area contributed by atoms with Crippen molar-refractivity contribution in [3.05, 3.63) is 53.9 Å². The van der Waals surface area contributed by atoms with Gasteiger partial charge in [-0.05, 0) is 30.5 Å². The number of rotatable bonds is 8. The average Bonchev–Trinajstić information content (AvgIpc) is 3.10. The SMILES string of the molecule is CN=C(NCc1ccccc1Cn1cccn1)NC(C)CCS(C)(=O)=O. The maximum Gasteiger partial charge on any atom is 0.191 e. The summed E-state index contributed by atoms with van der Waals surface area (Å²) in [4.78, 5) is 4.22. The van der Waals surface area contributed by atoms with Gasteiger partial charge in [-0.2, -0.15) is 5.10 Å². The van der Waals surface area contributed by atoms with Crippen LogP contribution >= 0.6 is 0 Å². The largest absolute Gasteiger partial charge is 0.354 e. The number of sulfone groups is 1. The fourth-order valence-electron chi connectivity index (χ4n) is 2.52. The summed E-state index contributed by atoms with van der Waals surface area (Å²) in [6.45, 7) is 3.28. The summed E-state index contributed by atoms with van der Waals surface area (Å²) >= 11 is 0. The molecule has 0 aliphatic carbocycles. The van der Waals surface area contributed by atoms with Crippen LogP contribution in [0, 0.1) is 0 Å². The van der Waals surface area contributed by atoms with Gasteiger partial charge in [-0.25, -0.2) is 8.42 Å².